The zero-order valence-corrected chi connectivity index (χ0v) is 11.2. The molecule has 100 valence electrons. The summed E-state index contributed by atoms with van der Waals surface area (Å²) in [7, 11) is 1.62. The van der Waals surface area contributed by atoms with Crippen molar-refractivity contribution >= 4 is 10.8 Å². The first-order valence-corrected chi connectivity index (χ1v) is 6.49. The van der Waals surface area contributed by atoms with Crippen LogP contribution in [0.5, 0.6) is 5.75 Å². The van der Waals surface area contributed by atoms with Crippen molar-refractivity contribution in [3.05, 3.63) is 76.7 Å². The van der Waals surface area contributed by atoms with Gasteiger partial charge in [-0.1, -0.05) is 36.4 Å². The number of rotatable bonds is 3. The lowest BCUT2D eigenvalue weighted by atomic mass is 10.1. The van der Waals surface area contributed by atoms with Gasteiger partial charge >= 0.3 is 0 Å². The second-order valence-electron chi connectivity index (χ2n) is 4.66. The van der Waals surface area contributed by atoms with E-state index in [0.29, 0.717) is 11.9 Å². The molecule has 0 fully saturated rings. The molecule has 20 heavy (non-hydrogen) atoms. The second kappa shape index (κ2) is 5.21. The van der Waals surface area contributed by atoms with E-state index in [1.165, 1.54) is 0 Å². The van der Waals surface area contributed by atoms with Crippen LogP contribution in [0.15, 0.2) is 65.6 Å². The maximum absolute atomic E-state index is 12.5. The van der Waals surface area contributed by atoms with Gasteiger partial charge in [0.05, 0.1) is 19.0 Å². The van der Waals surface area contributed by atoms with Crippen molar-refractivity contribution in [1.29, 1.82) is 0 Å². The fraction of sp³-hybridized carbons (Fsp3) is 0.118. The number of ether oxygens (including phenoxy) is 1. The molecule has 2 aromatic carbocycles. The Morgan fingerprint density at radius 2 is 1.75 bits per heavy atom. The molecule has 3 rings (SSSR count). The van der Waals surface area contributed by atoms with E-state index in [1.54, 1.807) is 11.7 Å². The summed E-state index contributed by atoms with van der Waals surface area (Å²) >= 11 is 0. The van der Waals surface area contributed by atoms with Gasteiger partial charge in [0.2, 0.25) is 0 Å². The lowest BCUT2D eigenvalue weighted by Gasteiger charge is -2.09. The average Bonchev–Trinajstić information content (AvgIpc) is 2.51. The molecule has 3 aromatic rings. The first-order chi connectivity index (χ1) is 9.79. The zero-order valence-electron chi connectivity index (χ0n) is 11.2. The molecule has 0 unspecified atom stereocenters. The van der Waals surface area contributed by atoms with Gasteiger partial charge in [0.15, 0.2) is 0 Å². The summed E-state index contributed by atoms with van der Waals surface area (Å²) < 4.78 is 7.01. The number of hydrogen-bond acceptors (Lipinski definition) is 2. The molecular formula is C17H15NO2. The Balaban J connectivity index is 2.10. The van der Waals surface area contributed by atoms with Crippen molar-refractivity contribution in [2.45, 2.75) is 6.54 Å². The molecule has 0 radical (unpaired) electrons. The number of fused-ring (bicyclic) bond motifs is 1. The van der Waals surface area contributed by atoms with E-state index >= 15 is 0 Å². The first-order valence-electron chi connectivity index (χ1n) is 6.49. The molecule has 0 atom stereocenters. The molecule has 0 saturated carbocycles. The summed E-state index contributed by atoms with van der Waals surface area (Å²) in [6, 6.07) is 17.4. The molecule has 0 aliphatic carbocycles. The highest BCUT2D eigenvalue weighted by atomic mass is 16.5. The predicted octanol–water partition coefficient (Wildman–Crippen LogP) is 3.06. The van der Waals surface area contributed by atoms with E-state index in [2.05, 4.69) is 0 Å². The maximum atomic E-state index is 12.5. The minimum Gasteiger partial charge on any atom is -0.496 e. The third kappa shape index (κ3) is 2.18. The second-order valence-corrected chi connectivity index (χ2v) is 4.66. The van der Waals surface area contributed by atoms with E-state index in [1.807, 2.05) is 60.8 Å². The van der Waals surface area contributed by atoms with E-state index in [-0.39, 0.29) is 5.56 Å². The van der Waals surface area contributed by atoms with Crippen LogP contribution >= 0.6 is 0 Å². The smallest absolute Gasteiger partial charge is 0.258 e. The van der Waals surface area contributed by atoms with Crippen molar-refractivity contribution in [1.82, 2.24) is 4.57 Å². The molecule has 0 spiro atoms. The fourth-order valence-electron chi connectivity index (χ4n) is 2.37. The Kier molecular flexibility index (Phi) is 3.25. The Labute approximate surface area is 117 Å². The molecule has 0 aliphatic rings. The summed E-state index contributed by atoms with van der Waals surface area (Å²) in [5.41, 5.74) is 1.11. The minimum atomic E-state index is 0.00486. The van der Waals surface area contributed by atoms with Crippen LogP contribution in [-0.4, -0.2) is 11.7 Å². The van der Waals surface area contributed by atoms with Crippen molar-refractivity contribution in [3.8, 4) is 5.75 Å². The van der Waals surface area contributed by atoms with Crippen molar-refractivity contribution in [2.24, 2.45) is 0 Å². The molecule has 0 saturated heterocycles. The molecule has 0 bridgehead atoms. The normalized spacial score (nSPS) is 10.7. The van der Waals surface area contributed by atoms with Gasteiger partial charge in [0.25, 0.3) is 5.56 Å². The molecule has 1 aromatic heterocycles. The Morgan fingerprint density at radius 3 is 2.50 bits per heavy atom. The van der Waals surface area contributed by atoms with Gasteiger partial charge in [-0.05, 0) is 23.8 Å². The maximum Gasteiger partial charge on any atom is 0.258 e. The number of benzene rings is 2. The summed E-state index contributed by atoms with van der Waals surface area (Å²) in [4.78, 5) is 12.5. The predicted molar refractivity (Wildman–Crippen MR) is 80.3 cm³/mol. The summed E-state index contributed by atoms with van der Waals surface area (Å²) in [5, 5.41) is 1.53. The van der Waals surface area contributed by atoms with E-state index in [0.717, 1.165) is 16.7 Å². The minimum absolute atomic E-state index is 0.00486. The SMILES string of the molecule is COc1cccc2c(=O)n(Cc3ccccc3)ccc12. The van der Waals surface area contributed by atoms with Gasteiger partial charge in [-0.25, -0.2) is 0 Å². The third-order valence-electron chi connectivity index (χ3n) is 3.39. The van der Waals surface area contributed by atoms with Crippen molar-refractivity contribution in [2.75, 3.05) is 7.11 Å². The standard InChI is InChI=1S/C17H15NO2/c1-20-16-9-5-8-15-14(16)10-11-18(17(15)19)12-13-6-3-2-4-7-13/h2-11H,12H2,1H3. The Morgan fingerprint density at radius 1 is 0.950 bits per heavy atom. The lowest BCUT2D eigenvalue weighted by molar-refractivity contribution is 0.419. The van der Waals surface area contributed by atoms with Crippen molar-refractivity contribution in [3.63, 3.8) is 0 Å². The number of aromatic nitrogens is 1. The number of nitrogens with zero attached hydrogens (tertiary/aromatic N) is 1. The fourth-order valence-corrected chi connectivity index (χ4v) is 2.37. The van der Waals surface area contributed by atoms with Crippen LogP contribution < -0.4 is 10.3 Å². The number of hydrogen-bond donors (Lipinski definition) is 0. The molecule has 3 nitrogen and oxygen atoms in total. The van der Waals surface area contributed by atoms with Crippen LogP contribution in [0.2, 0.25) is 0 Å². The van der Waals surface area contributed by atoms with E-state index in [9.17, 15) is 4.79 Å². The van der Waals surface area contributed by atoms with E-state index in [4.69, 9.17) is 4.74 Å². The molecule has 1 heterocycles. The number of methoxy groups -OCH3 is 1. The van der Waals surface area contributed by atoms with Crippen LogP contribution in [0.25, 0.3) is 10.8 Å². The highest BCUT2D eigenvalue weighted by Crippen LogP contribution is 2.22. The molecule has 3 heteroatoms. The summed E-state index contributed by atoms with van der Waals surface area (Å²) in [6.07, 6.45) is 1.82. The van der Waals surface area contributed by atoms with E-state index < -0.39 is 0 Å². The molecule has 0 aliphatic heterocycles. The first kappa shape index (κ1) is 12.5. The van der Waals surface area contributed by atoms with Crippen LogP contribution in [-0.2, 0) is 6.54 Å². The van der Waals surface area contributed by atoms with Gasteiger partial charge in [-0.2, -0.15) is 0 Å². The number of pyridine rings is 1. The van der Waals surface area contributed by atoms with Crippen LogP contribution in [0.1, 0.15) is 5.56 Å². The quantitative estimate of drug-likeness (QED) is 0.728. The summed E-state index contributed by atoms with van der Waals surface area (Å²) in [6.45, 7) is 0.576. The molecule has 0 N–H and O–H groups in total. The van der Waals surface area contributed by atoms with Crippen LogP contribution in [0.4, 0.5) is 0 Å². The van der Waals surface area contributed by atoms with Gasteiger partial charge < -0.3 is 9.30 Å². The molecule has 0 amide bonds. The highest BCUT2D eigenvalue weighted by molar-refractivity contribution is 5.87. The van der Waals surface area contributed by atoms with Gasteiger partial charge in [-0.3, -0.25) is 4.79 Å². The third-order valence-corrected chi connectivity index (χ3v) is 3.39. The topological polar surface area (TPSA) is 31.2 Å². The van der Waals surface area contributed by atoms with Crippen LogP contribution in [0, 0.1) is 0 Å². The Bertz CT molecular complexity index is 791. The van der Waals surface area contributed by atoms with Gasteiger partial charge in [0.1, 0.15) is 5.75 Å². The average molecular weight is 265 g/mol. The van der Waals surface area contributed by atoms with Gasteiger partial charge in [-0.15, -0.1) is 0 Å². The van der Waals surface area contributed by atoms with Crippen LogP contribution in [0.3, 0.4) is 0 Å². The van der Waals surface area contributed by atoms with Gasteiger partial charge in [0, 0.05) is 11.6 Å². The molecular weight excluding hydrogens is 250 g/mol. The lowest BCUT2D eigenvalue weighted by Crippen LogP contribution is -2.20. The highest BCUT2D eigenvalue weighted by Gasteiger charge is 2.06. The zero-order chi connectivity index (χ0) is 13.9. The Hall–Kier alpha value is -2.55. The monoisotopic (exact) mass is 265 g/mol. The largest absolute Gasteiger partial charge is 0.496 e. The van der Waals surface area contributed by atoms with Crippen molar-refractivity contribution < 1.29 is 4.74 Å². The summed E-state index contributed by atoms with van der Waals surface area (Å²) in [5.74, 6) is 0.728.